The Bertz CT molecular complexity index is 891. The third-order valence-electron chi connectivity index (χ3n) is 5.33. The summed E-state index contributed by atoms with van der Waals surface area (Å²) in [4.78, 5) is 17.7. The lowest BCUT2D eigenvalue weighted by molar-refractivity contribution is 0.0607. The molecule has 1 unspecified atom stereocenters. The van der Waals surface area contributed by atoms with E-state index in [4.69, 9.17) is 4.74 Å². The van der Waals surface area contributed by atoms with E-state index < -0.39 is 12.7 Å². The Morgan fingerprint density at radius 1 is 1.40 bits per heavy atom. The van der Waals surface area contributed by atoms with Gasteiger partial charge in [-0.25, -0.2) is 4.98 Å². The molecule has 1 fully saturated rings. The Labute approximate surface area is 146 Å². The van der Waals surface area contributed by atoms with Crippen LogP contribution in [0.5, 0.6) is 5.75 Å². The minimum atomic E-state index is -1.34. The summed E-state index contributed by atoms with van der Waals surface area (Å²) in [5.74, 6) is 0.630. The second-order valence-electron chi connectivity index (χ2n) is 7.61. The van der Waals surface area contributed by atoms with Crippen LogP contribution in [-0.4, -0.2) is 32.3 Å². The number of aryl methyl sites for hydroxylation is 1. The van der Waals surface area contributed by atoms with Crippen LogP contribution in [0.1, 0.15) is 49.9 Å². The second kappa shape index (κ2) is 5.85. The smallest absolute Gasteiger partial charge is 0.451 e. The highest BCUT2D eigenvalue weighted by Crippen LogP contribution is 2.42. The number of nitrogens with zero attached hydrogens (tertiary/aromatic N) is 2. The molecule has 0 bridgehead atoms. The molecule has 1 saturated carbocycles. The highest BCUT2D eigenvalue weighted by atomic mass is 16.5. The topological polar surface area (TPSA) is 84.6 Å². The van der Waals surface area contributed by atoms with E-state index in [0.29, 0.717) is 30.7 Å². The molecular weight excluding hydrogens is 319 g/mol. The zero-order valence-electron chi connectivity index (χ0n) is 14.7. The molecular formula is C18H23BN2O4. The average Bonchev–Trinajstić information content (AvgIpc) is 3.38. The Morgan fingerprint density at radius 2 is 2.16 bits per heavy atom. The molecule has 0 aromatic carbocycles. The Morgan fingerprint density at radius 3 is 2.84 bits per heavy atom. The van der Waals surface area contributed by atoms with Crippen LogP contribution in [0.25, 0.3) is 11.0 Å². The monoisotopic (exact) mass is 342 g/mol. The van der Waals surface area contributed by atoms with Crippen molar-refractivity contribution in [3.63, 3.8) is 0 Å². The lowest BCUT2D eigenvalue weighted by Crippen LogP contribution is -2.40. The number of pyridine rings is 2. The molecule has 1 aliphatic heterocycles. The third kappa shape index (κ3) is 2.96. The van der Waals surface area contributed by atoms with E-state index in [-0.39, 0.29) is 17.9 Å². The van der Waals surface area contributed by atoms with E-state index in [1.165, 1.54) is 0 Å². The Kier molecular flexibility index (Phi) is 3.88. The maximum Gasteiger partial charge on any atom is 0.451 e. The summed E-state index contributed by atoms with van der Waals surface area (Å²) >= 11 is 0. The molecule has 3 heterocycles. The van der Waals surface area contributed by atoms with Gasteiger partial charge in [0.15, 0.2) is 0 Å². The number of hydrogen-bond acceptors (Lipinski definition) is 5. The fraction of sp³-hybridized carbons (Fsp3) is 0.556. The molecule has 1 atom stereocenters. The number of ether oxygens (including phenoxy) is 1. The van der Waals surface area contributed by atoms with Crippen LogP contribution in [0, 0.1) is 6.92 Å². The van der Waals surface area contributed by atoms with Crippen molar-refractivity contribution in [3.05, 3.63) is 33.7 Å². The van der Waals surface area contributed by atoms with Gasteiger partial charge < -0.3 is 14.8 Å². The van der Waals surface area contributed by atoms with Crippen molar-refractivity contribution in [2.45, 2.75) is 63.9 Å². The molecule has 2 aromatic rings. The van der Waals surface area contributed by atoms with Gasteiger partial charge in [0.05, 0.1) is 10.9 Å². The van der Waals surface area contributed by atoms with Crippen molar-refractivity contribution in [2.75, 3.05) is 0 Å². The van der Waals surface area contributed by atoms with E-state index >= 15 is 0 Å². The van der Waals surface area contributed by atoms with Gasteiger partial charge in [-0.3, -0.25) is 9.36 Å². The molecule has 2 aromatic heterocycles. The number of fused-ring (bicyclic) bond motifs is 3. The number of hydrogen-bond donors (Lipinski definition) is 2. The van der Waals surface area contributed by atoms with Crippen LogP contribution in [0.4, 0.5) is 0 Å². The zero-order chi connectivity index (χ0) is 17.8. The van der Waals surface area contributed by atoms with E-state index in [1.807, 2.05) is 30.5 Å². The van der Waals surface area contributed by atoms with Crippen LogP contribution in [0.2, 0.25) is 6.32 Å². The van der Waals surface area contributed by atoms with Gasteiger partial charge >= 0.3 is 7.12 Å². The summed E-state index contributed by atoms with van der Waals surface area (Å²) in [6.45, 7) is 3.90. The summed E-state index contributed by atoms with van der Waals surface area (Å²) < 4.78 is 8.14. The molecule has 0 spiro atoms. The van der Waals surface area contributed by atoms with Gasteiger partial charge in [-0.2, -0.15) is 0 Å². The highest BCUT2D eigenvalue weighted by molar-refractivity contribution is 6.40. The van der Waals surface area contributed by atoms with Crippen LogP contribution in [0.3, 0.4) is 0 Å². The van der Waals surface area contributed by atoms with Crippen molar-refractivity contribution in [1.29, 1.82) is 0 Å². The summed E-state index contributed by atoms with van der Waals surface area (Å²) in [6.07, 6.45) is 4.16. The summed E-state index contributed by atoms with van der Waals surface area (Å²) in [5, 5.41) is 19.2. The van der Waals surface area contributed by atoms with Gasteiger partial charge in [-0.05, 0) is 64.4 Å². The fourth-order valence-electron chi connectivity index (χ4n) is 3.71. The first-order chi connectivity index (χ1) is 11.9. The van der Waals surface area contributed by atoms with Crippen LogP contribution < -0.4 is 10.3 Å². The molecule has 132 valence electrons. The lowest BCUT2D eigenvalue weighted by atomic mass is 9.77. The molecule has 0 saturated heterocycles. The van der Waals surface area contributed by atoms with Gasteiger partial charge in [0.25, 0.3) is 5.56 Å². The predicted molar refractivity (Wildman–Crippen MR) is 96.0 cm³/mol. The first kappa shape index (κ1) is 16.6. The minimum Gasteiger partial charge on any atom is -0.486 e. The average molecular weight is 342 g/mol. The molecule has 25 heavy (non-hydrogen) atoms. The summed E-state index contributed by atoms with van der Waals surface area (Å²) in [5.41, 5.74) is 1.83. The summed E-state index contributed by atoms with van der Waals surface area (Å²) in [6, 6.07) is 4.19. The SMILES string of the molecule is Cc1ccc2c3c(c(=O)n(C4CC4)c2n1)CCC(C)(CCB(O)O)O3. The first-order valence-corrected chi connectivity index (χ1v) is 8.98. The minimum absolute atomic E-state index is 0.0207. The highest BCUT2D eigenvalue weighted by Gasteiger charge is 2.37. The largest absolute Gasteiger partial charge is 0.486 e. The van der Waals surface area contributed by atoms with Gasteiger partial charge in [0.1, 0.15) is 17.0 Å². The van der Waals surface area contributed by atoms with Crippen molar-refractivity contribution < 1.29 is 14.8 Å². The van der Waals surface area contributed by atoms with E-state index in [9.17, 15) is 14.8 Å². The van der Waals surface area contributed by atoms with Crippen LogP contribution in [-0.2, 0) is 6.42 Å². The van der Waals surface area contributed by atoms with E-state index in [2.05, 4.69) is 4.98 Å². The van der Waals surface area contributed by atoms with Gasteiger partial charge in [-0.15, -0.1) is 0 Å². The Balaban J connectivity index is 1.85. The summed E-state index contributed by atoms with van der Waals surface area (Å²) in [7, 11) is -1.34. The lowest BCUT2D eigenvalue weighted by Gasteiger charge is -2.36. The molecule has 4 rings (SSSR count). The molecule has 2 N–H and O–H groups in total. The fourth-order valence-corrected chi connectivity index (χ4v) is 3.71. The third-order valence-corrected chi connectivity index (χ3v) is 5.33. The van der Waals surface area contributed by atoms with E-state index in [1.54, 1.807) is 0 Å². The van der Waals surface area contributed by atoms with Crippen LogP contribution >= 0.6 is 0 Å². The normalized spacial score (nSPS) is 22.6. The zero-order valence-corrected chi connectivity index (χ0v) is 14.7. The number of aromatic nitrogens is 2. The van der Waals surface area contributed by atoms with Gasteiger partial charge in [0, 0.05) is 11.7 Å². The van der Waals surface area contributed by atoms with Crippen molar-refractivity contribution >= 4 is 18.2 Å². The van der Waals surface area contributed by atoms with Crippen molar-refractivity contribution in [3.8, 4) is 5.75 Å². The molecule has 6 nitrogen and oxygen atoms in total. The predicted octanol–water partition coefficient (Wildman–Crippen LogP) is 1.99. The standard InChI is InChI=1S/C18H23BN2O4/c1-11-3-6-13-15-14(7-8-18(2,25-15)9-10-19(23)24)17(22)21(12-4-5-12)16(13)20-11/h3,6,12,23-24H,4-5,7-10H2,1-2H3. The van der Waals surface area contributed by atoms with Gasteiger partial charge in [-0.1, -0.05) is 0 Å². The molecule has 7 heteroatoms. The molecule has 1 aliphatic carbocycles. The molecule has 0 radical (unpaired) electrons. The first-order valence-electron chi connectivity index (χ1n) is 8.98. The number of rotatable bonds is 4. The van der Waals surface area contributed by atoms with Crippen molar-refractivity contribution in [1.82, 2.24) is 9.55 Å². The van der Waals surface area contributed by atoms with Crippen molar-refractivity contribution in [2.24, 2.45) is 0 Å². The maximum atomic E-state index is 13.1. The Hall–Kier alpha value is -1.86. The maximum absolute atomic E-state index is 13.1. The second-order valence-corrected chi connectivity index (χ2v) is 7.61. The molecule has 2 aliphatic rings. The van der Waals surface area contributed by atoms with E-state index in [0.717, 1.165) is 29.5 Å². The van der Waals surface area contributed by atoms with Gasteiger partial charge in [0.2, 0.25) is 0 Å². The van der Waals surface area contributed by atoms with Crippen LogP contribution in [0.15, 0.2) is 16.9 Å². The quantitative estimate of drug-likeness (QED) is 0.830. The molecule has 0 amide bonds.